The molecule has 240 valence electrons. The topological polar surface area (TPSA) is 8.17 Å². The van der Waals surface area contributed by atoms with Gasteiger partial charge >= 0.3 is 0 Å². The van der Waals surface area contributed by atoms with Crippen molar-refractivity contribution in [2.24, 2.45) is 17.3 Å². The molecule has 0 N–H and O–H groups in total. The Bertz CT molecular complexity index is 2120. The van der Waals surface area contributed by atoms with Crippen LogP contribution in [-0.2, 0) is 6.42 Å². The van der Waals surface area contributed by atoms with Gasteiger partial charge in [0.25, 0.3) is 0 Å². The highest BCUT2D eigenvalue weighted by Crippen LogP contribution is 2.49. The molecule has 8 rings (SSSR count). The number of nitrogens with zero attached hydrogens (tertiary/aromatic N) is 2. The molecule has 1 aromatic heterocycles. The molecular formula is C46H46N2. The zero-order valence-corrected chi connectivity index (χ0v) is 28.9. The van der Waals surface area contributed by atoms with Crippen LogP contribution in [0.4, 0.5) is 11.4 Å². The van der Waals surface area contributed by atoms with Gasteiger partial charge in [-0.1, -0.05) is 138 Å². The molecule has 0 fully saturated rings. The summed E-state index contributed by atoms with van der Waals surface area (Å²) in [6.07, 6.45) is 11.5. The number of hydrogen-bond acceptors (Lipinski definition) is 1. The van der Waals surface area contributed by atoms with E-state index >= 15 is 0 Å². The summed E-state index contributed by atoms with van der Waals surface area (Å²) in [6.45, 7) is 11.9. The third kappa shape index (κ3) is 5.38. The van der Waals surface area contributed by atoms with Crippen molar-refractivity contribution < 1.29 is 0 Å². The van der Waals surface area contributed by atoms with E-state index in [1.165, 1.54) is 67.5 Å². The van der Waals surface area contributed by atoms with Crippen LogP contribution in [0.5, 0.6) is 0 Å². The van der Waals surface area contributed by atoms with E-state index in [-0.39, 0.29) is 11.5 Å². The molecule has 0 radical (unpaired) electrons. The third-order valence-corrected chi connectivity index (χ3v) is 10.7. The fourth-order valence-corrected chi connectivity index (χ4v) is 8.25. The molecule has 0 saturated heterocycles. The normalized spacial score (nSPS) is 17.8. The Kier molecular flexibility index (Phi) is 7.63. The van der Waals surface area contributed by atoms with Crippen molar-refractivity contribution in [3.05, 3.63) is 151 Å². The maximum absolute atomic E-state index is 2.56. The minimum atomic E-state index is 0.242. The zero-order valence-electron chi connectivity index (χ0n) is 28.9. The molecule has 2 heteroatoms. The molecule has 1 aliphatic heterocycles. The number of hydrogen-bond donors (Lipinski definition) is 0. The molecule has 2 heterocycles. The first-order valence-electron chi connectivity index (χ1n) is 17.7. The van der Waals surface area contributed by atoms with Crippen LogP contribution in [0.15, 0.2) is 140 Å². The first-order valence-corrected chi connectivity index (χ1v) is 17.7. The molecule has 0 saturated carbocycles. The molecule has 2 aliphatic rings. The average Bonchev–Trinajstić information content (AvgIpc) is 3.61. The lowest BCUT2D eigenvalue weighted by molar-refractivity contribution is 0.203. The van der Waals surface area contributed by atoms with Gasteiger partial charge in [-0.25, -0.2) is 0 Å². The summed E-state index contributed by atoms with van der Waals surface area (Å²) in [5, 5.41) is 2.57. The molecule has 2 nitrogen and oxygen atoms in total. The summed E-state index contributed by atoms with van der Waals surface area (Å²) < 4.78 is 2.46. The second kappa shape index (κ2) is 12.0. The van der Waals surface area contributed by atoms with E-state index in [0.717, 1.165) is 6.42 Å². The standard InChI is InChI=1S/C46H46N2/c1-31(2)26-35(46(3,4)5)27-32-22-24-33(25-23-32)34-28-36(47-42-18-10-6-14-38(42)39-15-7-11-19-43(39)47)30-37(29-34)48-44-20-12-8-16-40(44)41-17-9-13-21-45(41)48/h6-25,28-31,35,38,42H,26-27H2,1-5H3. The van der Waals surface area contributed by atoms with Gasteiger partial charge in [0.05, 0.1) is 17.1 Å². The largest absolute Gasteiger partial charge is 0.333 e. The fourth-order valence-electron chi connectivity index (χ4n) is 8.25. The molecule has 5 aromatic carbocycles. The van der Waals surface area contributed by atoms with E-state index in [1.807, 2.05) is 0 Å². The van der Waals surface area contributed by atoms with Gasteiger partial charge in [-0.2, -0.15) is 0 Å². The summed E-state index contributed by atoms with van der Waals surface area (Å²) in [5.74, 6) is 1.68. The molecule has 3 unspecified atom stereocenters. The maximum Gasteiger partial charge on any atom is 0.0629 e. The Balaban J connectivity index is 1.29. The number of para-hydroxylation sites is 3. The van der Waals surface area contributed by atoms with Crippen LogP contribution in [0, 0.1) is 17.3 Å². The summed E-state index contributed by atoms with van der Waals surface area (Å²) in [5.41, 5.74) is 11.8. The predicted molar refractivity (Wildman–Crippen MR) is 206 cm³/mol. The number of anilines is 2. The second-order valence-electron chi connectivity index (χ2n) is 15.4. The highest BCUT2D eigenvalue weighted by Gasteiger charge is 2.37. The molecule has 0 spiro atoms. The number of benzene rings is 5. The molecule has 1 aliphatic carbocycles. The van der Waals surface area contributed by atoms with E-state index in [2.05, 4.69) is 184 Å². The number of allylic oxidation sites excluding steroid dienone is 2. The average molecular weight is 627 g/mol. The quantitative estimate of drug-likeness (QED) is 0.171. The first kappa shape index (κ1) is 30.5. The second-order valence-corrected chi connectivity index (χ2v) is 15.4. The first-order chi connectivity index (χ1) is 23.3. The lowest BCUT2D eigenvalue weighted by Crippen LogP contribution is -2.28. The minimum Gasteiger partial charge on any atom is -0.333 e. The van der Waals surface area contributed by atoms with Crippen LogP contribution in [0.3, 0.4) is 0 Å². The minimum absolute atomic E-state index is 0.242. The van der Waals surface area contributed by atoms with Crippen molar-refractivity contribution in [3.8, 4) is 16.8 Å². The van der Waals surface area contributed by atoms with E-state index in [0.29, 0.717) is 17.8 Å². The summed E-state index contributed by atoms with van der Waals surface area (Å²) in [6, 6.07) is 43.5. The van der Waals surface area contributed by atoms with E-state index < -0.39 is 0 Å². The lowest BCUT2D eigenvalue weighted by Gasteiger charge is -2.32. The maximum atomic E-state index is 2.56. The molecule has 0 bridgehead atoms. The zero-order chi connectivity index (χ0) is 33.0. The van der Waals surface area contributed by atoms with E-state index in [9.17, 15) is 0 Å². The number of rotatable bonds is 7. The smallest absolute Gasteiger partial charge is 0.0629 e. The highest BCUT2D eigenvalue weighted by molar-refractivity contribution is 6.09. The van der Waals surface area contributed by atoms with Crippen LogP contribution in [-0.4, -0.2) is 10.6 Å². The Morgan fingerprint density at radius 1 is 0.646 bits per heavy atom. The molecule has 3 atom stereocenters. The van der Waals surface area contributed by atoms with Gasteiger partial charge in [-0.15, -0.1) is 0 Å². The lowest BCUT2D eigenvalue weighted by atomic mass is 9.73. The van der Waals surface area contributed by atoms with Crippen LogP contribution in [0.25, 0.3) is 38.6 Å². The Morgan fingerprint density at radius 3 is 1.96 bits per heavy atom. The number of aromatic nitrogens is 1. The Morgan fingerprint density at radius 2 is 1.27 bits per heavy atom. The van der Waals surface area contributed by atoms with Crippen LogP contribution >= 0.6 is 0 Å². The van der Waals surface area contributed by atoms with Crippen molar-refractivity contribution >= 4 is 33.2 Å². The molecular weight excluding hydrogens is 581 g/mol. The van der Waals surface area contributed by atoms with Gasteiger partial charge in [0.15, 0.2) is 0 Å². The molecule has 48 heavy (non-hydrogen) atoms. The van der Waals surface area contributed by atoms with Crippen LogP contribution in [0.2, 0.25) is 0 Å². The van der Waals surface area contributed by atoms with Crippen LogP contribution in [0.1, 0.15) is 58.1 Å². The van der Waals surface area contributed by atoms with Crippen molar-refractivity contribution in [1.29, 1.82) is 0 Å². The fraction of sp³-hybridized carbons (Fsp3) is 0.261. The van der Waals surface area contributed by atoms with Crippen molar-refractivity contribution in [1.82, 2.24) is 4.57 Å². The van der Waals surface area contributed by atoms with Gasteiger partial charge < -0.3 is 9.47 Å². The van der Waals surface area contributed by atoms with Gasteiger partial charge in [0.1, 0.15) is 0 Å². The Labute approximate surface area is 286 Å². The van der Waals surface area contributed by atoms with Gasteiger partial charge in [-0.3, -0.25) is 0 Å². The third-order valence-electron chi connectivity index (χ3n) is 10.7. The SMILES string of the molecule is CC(C)CC(Cc1ccc(-c2cc(N3c4ccccc4C4C=CC=CC43)cc(-n3c4ccccc4c4ccccc43)c2)cc1)C(C)(C)C. The van der Waals surface area contributed by atoms with Crippen LogP contribution < -0.4 is 4.90 Å². The molecule has 6 aromatic rings. The van der Waals surface area contributed by atoms with Gasteiger partial charge in [-0.05, 0) is 88.7 Å². The number of fused-ring (bicyclic) bond motifs is 6. The summed E-state index contributed by atoms with van der Waals surface area (Å²) in [4.78, 5) is 2.56. The van der Waals surface area contributed by atoms with E-state index in [1.54, 1.807) is 0 Å². The van der Waals surface area contributed by atoms with Crippen molar-refractivity contribution in [2.75, 3.05) is 4.90 Å². The van der Waals surface area contributed by atoms with Gasteiger partial charge in [0.2, 0.25) is 0 Å². The Hall–Kier alpha value is -4.82. The highest BCUT2D eigenvalue weighted by atomic mass is 15.2. The summed E-state index contributed by atoms with van der Waals surface area (Å²) in [7, 11) is 0. The van der Waals surface area contributed by atoms with Crippen molar-refractivity contribution in [2.45, 2.75) is 59.4 Å². The predicted octanol–water partition coefficient (Wildman–Crippen LogP) is 12.4. The summed E-state index contributed by atoms with van der Waals surface area (Å²) >= 11 is 0. The monoisotopic (exact) mass is 626 g/mol. The van der Waals surface area contributed by atoms with E-state index in [4.69, 9.17) is 0 Å². The molecule has 0 amide bonds. The van der Waals surface area contributed by atoms with Gasteiger partial charge in [0, 0.05) is 33.8 Å². The van der Waals surface area contributed by atoms with Crippen molar-refractivity contribution in [3.63, 3.8) is 0 Å².